The minimum atomic E-state index is -0.569. The molecule has 0 saturated carbocycles. The minimum absolute atomic E-state index is 0.0629. The summed E-state index contributed by atoms with van der Waals surface area (Å²) >= 11 is 0. The molecule has 5 heteroatoms. The molecule has 5 nitrogen and oxygen atoms in total. The number of esters is 2. The number of carbonyl (C=O) groups excluding carboxylic acids is 2. The lowest BCUT2D eigenvalue weighted by molar-refractivity contribution is -0.162. The van der Waals surface area contributed by atoms with E-state index >= 15 is 0 Å². The third-order valence-electron chi connectivity index (χ3n) is 13.2. The van der Waals surface area contributed by atoms with Crippen LogP contribution in [0, 0.1) is 0 Å². The summed E-state index contributed by atoms with van der Waals surface area (Å²) in [6.45, 7) is 7.69. The maximum Gasteiger partial charge on any atom is 0.306 e. The zero-order chi connectivity index (χ0) is 50.6. The van der Waals surface area contributed by atoms with Crippen LogP contribution in [0.2, 0.25) is 0 Å². The fourth-order valence-corrected chi connectivity index (χ4v) is 8.72. The van der Waals surface area contributed by atoms with Gasteiger partial charge in [-0.2, -0.15) is 0 Å². The Balaban J connectivity index is 4.32. The highest BCUT2D eigenvalue weighted by Crippen LogP contribution is 2.16. The average molecular weight is 978 g/mol. The molecule has 0 saturated heterocycles. The smallest absolute Gasteiger partial charge is 0.306 e. The maximum absolute atomic E-state index is 12.9. The van der Waals surface area contributed by atoms with Crippen molar-refractivity contribution in [3.8, 4) is 0 Å². The quantitative estimate of drug-likeness (QED) is 0.0345. The topological polar surface area (TPSA) is 61.8 Å². The number of carbonyl (C=O) groups is 2. The molecule has 0 N–H and O–H groups in total. The lowest BCUT2D eigenvalue weighted by atomic mass is 10.0. The van der Waals surface area contributed by atoms with E-state index in [1.165, 1.54) is 199 Å². The predicted octanol–water partition coefficient (Wildman–Crippen LogP) is 21.0. The van der Waals surface area contributed by atoms with Crippen molar-refractivity contribution in [3.05, 3.63) is 72.9 Å². The number of rotatable bonds is 56. The van der Waals surface area contributed by atoms with Gasteiger partial charge in [-0.25, -0.2) is 0 Å². The molecule has 0 bridgehead atoms. The van der Waals surface area contributed by atoms with Gasteiger partial charge in [0.05, 0.1) is 6.61 Å². The van der Waals surface area contributed by atoms with Gasteiger partial charge < -0.3 is 14.2 Å². The summed E-state index contributed by atoms with van der Waals surface area (Å²) in [5.41, 5.74) is 0. The van der Waals surface area contributed by atoms with Crippen molar-refractivity contribution >= 4 is 11.9 Å². The zero-order valence-corrected chi connectivity index (χ0v) is 46.8. The van der Waals surface area contributed by atoms with E-state index < -0.39 is 6.10 Å². The standard InChI is InChI=1S/C65H116O5/c1-4-7-10-13-16-19-22-25-28-31-33-35-37-40-43-46-49-52-55-58-64(66)69-62-63(61-68-60-57-54-51-48-45-42-39-36-32-29-26-23-20-17-14-11-8-5-2)70-65(67)59-56-53-50-47-44-41-38-34-30-27-24-21-18-15-12-9-6-3/h9,12,18,21,26-27,29-30,38,41,47,50,63H,4-8,10-11,13-17,19-20,22-25,28,31-37,39-40,42-46,48-49,51-62H2,1-3H3/b12-9-,21-18-,29-26-,30-27-,41-38-,50-47-. The van der Waals surface area contributed by atoms with E-state index in [9.17, 15) is 9.59 Å². The summed E-state index contributed by atoms with van der Waals surface area (Å²) in [6, 6.07) is 0. The molecule has 0 fully saturated rings. The van der Waals surface area contributed by atoms with Crippen LogP contribution in [-0.2, 0) is 23.8 Å². The molecule has 0 heterocycles. The first-order chi connectivity index (χ1) is 34.6. The molecule has 0 spiro atoms. The van der Waals surface area contributed by atoms with Crippen LogP contribution < -0.4 is 0 Å². The molecular formula is C65H116O5. The van der Waals surface area contributed by atoms with Crippen LogP contribution in [-0.4, -0.2) is 37.9 Å². The summed E-state index contributed by atoms with van der Waals surface area (Å²) < 4.78 is 17.5. The molecule has 0 amide bonds. The van der Waals surface area contributed by atoms with Gasteiger partial charge in [0, 0.05) is 19.4 Å². The van der Waals surface area contributed by atoms with Crippen LogP contribution in [0.15, 0.2) is 72.9 Å². The Morgan fingerprint density at radius 1 is 0.329 bits per heavy atom. The first kappa shape index (κ1) is 67.3. The molecule has 70 heavy (non-hydrogen) atoms. The molecule has 1 unspecified atom stereocenters. The Morgan fingerprint density at radius 2 is 0.657 bits per heavy atom. The maximum atomic E-state index is 12.9. The van der Waals surface area contributed by atoms with Gasteiger partial charge in [0.1, 0.15) is 6.61 Å². The molecule has 0 rings (SSSR count). The summed E-state index contributed by atoms with van der Waals surface area (Å²) in [7, 11) is 0. The van der Waals surface area contributed by atoms with Crippen molar-refractivity contribution in [1.29, 1.82) is 0 Å². The van der Waals surface area contributed by atoms with Gasteiger partial charge in [0.15, 0.2) is 6.10 Å². The lowest BCUT2D eigenvalue weighted by Crippen LogP contribution is -2.30. The fraction of sp³-hybridized carbons (Fsp3) is 0.785. The molecule has 406 valence electrons. The van der Waals surface area contributed by atoms with Crippen LogP contribution in [0.4, 0.5) is 0 Å². The normalized spacial score (nSPS) is 12.7. The van der Waals surface area contributed by atoms with Crippen LogP contribution >= 0.6 is 0 Å². The van der Waals surface area contributed by atoms with Crippen molar-refractivity contribution in [2.24, 2.45) is 0 Å². The number of hydrogen-bond donors (Lipinski definition) is 0. The Bertz CT molecular complexity index is 1240. The van der Waals surface area contributed by atoms with Crippen LogP contribution in [0.25, 0.3) is 0 Å². The van der Waals surface area contributed by atoms with Gasteiger partial charge in [-0.3, -0.25) is 9.59 Å². The van der Waals surface area contributed by atoms with Crippen molar-refractivity contribution in [2.75, 3.05) is 19.8 Å². The molecular weight excluding hydrogens is 861 g/mol. The van der Waals surface area contributed by atoms with E-state index in [2.05, 4.69) is 93.7 Å². The first-order valence-corrected chi connectivity index (χ1v) is 30.5. The average Bonchev–Trinajstić information content (AvgIpc) is 3.36. The number of unbranched alkanes of at least 4 members (excludes halogenated alkanes) is 33. The summed E-state index contributed by atoms with van der Waals surface area (Å²) in [5.74, 6) is -0.452. The molecule has 0 aromatic heterocycles. The van der Waals surface area contributed by atoms with Gasteiger partial charge in [0.25, 0.3) is 0 Å². The van der Waals surface area contributed by atoms with E-state index in [4.69, 9.17) is 14.2 Å². The summed E-state index contributed by atoms with van der Waals surface area (Å²) in [4.78, 5) is 25.6. The molecule has 0 aromatic rings. The van der Waals surface area contributed by atoms with Crippen molar-refractivity contribution < 1.29 is 23.8 Å². The Kier molecular flexibility index (Phi) is 58.3. The van der Waals surface area contributed by atoms with Gasteiger partial charge in [-0.1, -0.05) is 280 Å². The minimum Gasteiger partial charge on any atom is -0.462 e. The van der Waals surface area contributed by atoms with Crippen LogP contribution in [0.3, 0.4) is 0 Å². The number of allylic oxidation sites excluding steroid dienone is 12. The predicted molar refractivity (Wildman–Crippen MR) is 307 cm³/mol. The van der Waals surface area contributed by atoms with E-state index in [-0.39, 0.29) is 25.2 Å². The van der Waals surface area contributed by atoms with Gasteiger partial charge in [0.2, 0.25) is 0 Å². The molecule has 0 aliphatic rings. The SMILES string of the molecule is CC/C=C\C/C=C\C/C=C\C/C=C\C/C=C\CCCC(=O)OC(COCCCCCCCCCC/C=C\CCCCCCCC)COC(=O)CCCCCCCCCCCCCCCCCCCCC. The zero-order valence-electron chi connectivity index (χ0n) is 46.8. The van der Waals surface area contributed by atoms with E-state index in [1.807, 2.05) is 0 Å². The van der Waals surface area contributed by atoms with Crippen molar-refractivity contribution in [3.63, 3.8) is 0 Å². The first-order valence-electron chi connectivity index (χ1n) is 30.5. The second kappa shape index (κ2) is 60.6. The van der Waals surface area contributed by atoms with Crippen molar-refractivity contribution in [1.82, 2.24) is 0 Å². The summed E-state index contributed by atoms with van der Waals surface area (Å²) in [6.07, 6.45) is 79.4. The highest BCUT2D eigenvalue weighted by molar-refractivity contribution is 5.70. The second-order valence-electron chi connectivity index (χ2n) is 20.2. The monoisotopic (exact) mass is 977 g/mol. The second-order valence-corrected chi connectivity index (χ2v) is 20.2. The molecule has 0 aromatic carbocycles. The van der Waals surface area contributed by atoms with Gasteiger partial charge in [-0.05, 0) is 83.5 Å². The highest BCUT2D eigenvalue weighted by Gasteiger charge is 2.17. The fourth-order valence-electron chi connectivity index (χ4n) is 8.72. The van der Waals surface area contributed by atoms with Crippen LogP contribution in [0.5, 0.6) is 0 Å². The largest absolute Gasteiger partial charge is 0.462 e. The Hall–Kier alpha value is -2.66. The Morgan fingerprint density at radius 3 is 1.09 bits per heavy atom. The third-order valence-corrected chi connectivity index (χ3v) is 13.2. The molecule has 0 aliphatic heterocycles. The number of ether oxygens (including phenoxy) is 3. The van der Waals surface area contributed by atoms with E-state index in [0.29, 0.717) is 19.4 Å². The van der Waals surface area contributed by atoms with Gasteiger partial charge >= 0.3 is 11.9 Å². The van der Waals surface area contributed by atoms with Gasteiger partial charge in [-0.15, -0.1) is 0 Å². The number of hydrogen-bond acceptors (Lipinski definition) is 5. The highest BCUT2D eigenvalue weighted by atomic mass is 16.6. The third kappa shape index (κ3) is 57.9. The Labute approximate surface area is 436 Å². The van der Waals surface area contributed by atoms with Crippen LogP contribution in [0.1, 0.15) is 303 Å². The molecule has 0 aliphatic carbocycles. The summed E-state index contributed by atoms with van der Waals surface area (Å²) in [5, 5.41) is 0. The van der Waals surface area contributed by atoms with E-state index in [0.717, 1.165) is 70.6 Å². The molecule has 0 radical (unpaired) electrons. The molecule has 1 atom stereocenters. The van der Waals surface area contributed by atoms with Crippen molar-refractivity contribution in [2.45, 2.75) is 309 Å². The van der Waals surface area contributed by atoms with E-state index in [1.54, 1.807) is 0 Å². The lowest BCUT2D eigenvalue weighted by Gasteiger charge is -2.18.